The van der Waals surface area contributed by atoms with Crippen molar-refractivity contribution in [3.05, 3.63) is 0 Å². The fraction of sp³-hybridized carbons (Fsp3) is 0.857. The highest BCUT2D eigenvalue weighted by molar-refractivity contribution is 5.95. The van der Waals surface area contributed by atoms with Crippen molar-refractivity contribution in [3.8, 4) is 0 Å². The van der Waals surface area contributed by atoms with Crippen molar-refractivity contribution < 1.29 is 19.1 Å². The Morgan fingerprint density at radius 1 is 1.14 bits per heavy atom. The second-order valence-corrected chi connectivity index (χ2v) is 6.64. The van der Waals surface area contributed by atoms with E-state index >= 15 is 0 Å². The molecule has 2 rings (SSSR count). The van der Waals surface area contributed by atoms with Crippen molar-refractivity contribution in [1.29, 1.82) is 0 Å². The van der Waals surface area contributed by atoms with Gasteiger partial charge in [-0.3, -0.25) is 15.0 Å². The van der Waals surface area contributed by atoms with E-state index in [1.54, 1.807) is 0 Å². The maximum Gasteiger partial charge on any atom is 0.321 e. The summed E-state index contributed by atoms with van der Waals surface area (Å²) in [6.07, 6.45) is 1.52. The molecule has 0 saturated carbocycles. The predicted molar refractivity (Wildman–Crippen MR) is 76.7 cm³/mol. The molecule has 2 saturated heterocycles. The Labute approximate surface area is 125 Å². The van der Waals surface area contributed by atoms with Crippen LogP contribution >= 0.6 is 0 Å². The van der Waals surface area contributed by atoms with Crippen LogP contribution in [0.1, 0.15) is 33.6 Å². The molecule has 0 aliphatic carbocycles. The number of ether oxygens (including phenoxy) is 2. The Morgan fingerprint density at radius 2 is 1.71 bits per heavy atom. The summed E-state index contributed by atoms with van der Waals surface area (Å²) in [6, 6.07) is -0.455. The molecule has 0 radical (unpaired) electrons. The fourth-order valence-corrected chi connectivity index (χ4v) is 2.58. The van der Waals surface area contributed by atoms with Gasteiger partial charge in [0, 0.05) is 31.5 Å². The molecule has 0 unspecified atom stereocenters. The third-order valence-corrected chi connectivity index (χ3v) is 3.54. The number of carbonyl (C=O) groups excluding carboxylic acids is 2. The number of carbonyl (C=O) groups is 2. The SMILES string of the molecule is CC(C)(C)NC(=O)NC(=O)CN1CCC2(CC1)OCCO2. The van der Waals surface area contributed by atoms with Gasteiger partial charge in [-0.05, 0) is 20.8 Å². The number of piperidine rings is 1. The van der Waals surface area contributed by atoms with Gasteiger partial charge in [-0.25, -0.2) is 4.79 Å². The fourth-order valence-electron chi connectivity index (χ4n) is 2.58. The first-order valence-electron chi connectivity index (χ1n) is 7.40. The number of hydrogen-bond donors (Lipinski definition) is 2. The van der Waals surface area contributed by atoms with E-state index in [1.807, 2.05) is 25.7 Å². The second-order valence-electron chi connectivity index (χ2n) is 6.64. The molecule has 21 heavy (non-hydrogen) atoms. The number of nitrogens with one attached hydrogen (secondary N) is 2. The normalized spacial score (nSPS) is 22.2. The molecule has 2 aliphatic heterocycles. The van der Waals surface area contributed by atoms with E-state index in [-0.39, 0.29) is 18.0 Å². The zero-order valence-corrected chi connectivity index (χ0v) is 13.0. The molecular formula is C14H25N3O4. The van der Waals surface area contributed by atoms with E-state index in [1.165, 1.54) is 0 Å². The summed E-state index contributed by atoms with van der Waals surface area (Å²) in [5.41, 5.74) is -0.362. The van der Waals surface area contributed by atoms with Gasteiger partial charge in [-0.2, -0.15) is 0 Å². The zero-order chi connectivity index (χ0) is 15.5. The van der Waals surface area contributed by atoms with Crippen LogP contribution in [0.3, 0.4) is 0 Å². The number of amides is 3. The molecule has 0 atom stereocenters. The summed E-state index contributed by atoms with van der Waals surface area (Å²) in [5.74, 6) is -0.725. The first-order chi connectivity index (χ1) is 9.78. The molecule has 3 amide bonds. The van der Waals surface area contributed by atoms with E-state index in [2.05, 4.69) is 10.6 Å². The van der Waals surface area contributed by atoms with Gasteiger partial charge in [0.15, 0.2) is 5.79 Å². The minimum absolute atomic E-state index is 0.216. The predicted octanol–water partition coefficient (Wildman–Crippen LogP) is 0.450. The summed E-state index contributed by atoms with van der Waals surface area (Å²) in [6.45, 7) is 8.56. The van der Waals surface area contributed by atoms with E-state index in [0.29, 0.717) is 13.2 Å². The number of likely N-dealkylation sites (tertiary alicyclic amines) is 1. The van der Waals surface area contributed by atoms with Gasteiger partial charge >= 0.3 is 6.03 Å². The Hall–Kier alpha value is -1.18. The number of nitrogens with zero attached hydrogens (tertiary/aromatic N) is 1. The third-order valence-electron chi connectivity index (χ3n) is 3.54. The molecule has 0 bridgehead atoms. The maximum atomic E-state index is 11.8. The van der Waals surface area contributed by atoms with Crippen molar-refractivity contribution in [2.24, 2.45) is 0 Å². The van der Waals surface area contributed by atoms with Crippen LogP contribution in [-0.4, -0.2) is 61.0 Å². The molecule has 0 aromatic carbocycles. The van der Waals surface area contributed by atoms with Crippen LogP contribution in [0.15, 0.2) is 0 Å². The molecule has 0 aromatic rings. The van der Waals surface area contributed by atoms with Gasteiger partial charge < -0.3 is 14.8 Å². The van der Waals surface area contributed by atoms with Crippen LogP contribution in [0.5, 0.6) is 0 Å². The number of rotatable bonds is 2. The molecule has 7 heteroatoms. The molecule has 7 nitrogen and oxygen atoms in total. The molecule has 2 heterocycles. The number of urea groups is 1. The average molecular weight is 299 g/mol. The Morgan fingerprint density at radius 3 is 2.24 bits per heavy atom. The van der Waals surface area contributed by atoms with Crippen LogP contribution in [0, 0.1) is 0 Å². The van der Waals surface area contributed by atoms with Crippen LogP contribution in [0.4, 0.5) is 4.79 Å². The summed E-state index contributed by atoms with van der Waals surface area (Å²) < 4.78 is 11.3. The highest BCUT2D eigenvalue weighted by atomic mass is 16.7. The standard InChI is InChI=1S/C14H25N3O4/c1-13(2,3)16-12(19)15-11(18)10-17-6-4-14(5-7-17)20-8-9-21-14/h4-10H2,1-3H3,(H2,15,16,18,19). The van der Waals surface area contributed by atoms with Crippen LogP contribution in [0.2, 0.25) is 0 Å². The minimum atomic E-state index is -0.455. The zero-order valence-electron chi connectivity index (χ0n) is 13.0. The van der Waals surface area contributed by atoms with Crippen molar-refractivity contribution in [1.82, 2.24) is 15.5 Å². The molecule has 1 spiro atoms. The van der Waals surface area contributed by atoms with Crippen molar-refractivity contribution >= 4 is 11.9 Å². The van der Waals surface area contributed by atoms with E-state index in [0.717, 1.165) is 25.9 Å². The molecule has 2 N–H and O–H groups in total. The number of imide groups is 1. The van der Waals surface area contributed by atoms with Crippen LogP contribution < -0.4 is 10.6 Å². The summed E-state index contributed by atoms with van der Waals surface area (Å²) in [7, 11) is 0. The molecule has 2 fully saturated rings. The highest BCUT2D eigenvalue weighted by Gasteiger charge is 2.39. The van der Waals surface area contributed by atoms with Crippen molar-refractivity contribution in [2.45, 2.75) is 44.9 Å². The lowest BCUT2D eigenvalue weighted by Crippen LogP contribution is -2.52. The smallest absolute Gasteiger partial charge is 0.321 e. The Bertz CT molecular complexity index is 390. The minimum Gasteiger partial charge on any atom is -0.347 e. The topological polar surface area (TPSA) is 79.9 Å². The monoisotopic (exact) mass is 299 g/mol. The van der Waals surface area contributed by atoms with E-state index in [9.17, 15) is 9.59 Å². The van der Waals surface area contributed by atoms with Gasteiger partial charge in [-0.15, -0.1) is 0 Å². The van der Waals surface area contributed by atoms with Crippen molar-refractivity contribution in [3.63, 3.8) is 0 Å². The lowest BCUT2D eigenvalue weighted by atomic mass is 10.0. The van der Waals surface area contributed by atoms with Gasteiger partial charge in [-0.1, -0.05) is 0 Å². The Balaban J connectivity index is 1.70. The first-order valence-corrected chi connectivity index (χ1v) is 7.40. The van der Waals surface area contributed by atoms with Gasteiger partial charge in [0.2, 0.25) is 5.91 Å². The van der Waals surface area contributed by atoms with Crippen LogP contribution in [-0.2, 0) is 14.3 Å². The van der Waals surface area contributed by atoms with Gasteiger partial charge in [0.05, 0.1) is 19.8 Å². The van der Waals surface area contributed by atoms with Gasteiger partial charge in [0.1, 0.15) is 0 Å². The number of hydrogen-bond acceptors (Lipinski definition) is 5. The Kier molecular flexibility index (Phi) is 4.85. The first kappa shape index (κ1) is 16.2. The lowest BCUT2D eigenvalue weighted by Gasteiger charge is -2.37. The molecular weight excluding hydrogens is 274 g/mol. The summed E-state index contributed by atoms with van der Waals surface area (Å²) in [5, 5.41) is 5.05. The quantitative estimate of drug-likeness (QED) is 0.774. The molecule has 120 valence electrons. The van der Waals surface area contributed by atoms with Crippen molar-refractivity contribution in [2.75, 3.05) is 32.8 Å². The average Bonchev–Trinajstić information content (AvgIpc) is 2.78. The van der Waals surface area contributed by atoms with Gasteiger partial charge in [0.25, 0.3) is 0 Å². The molecule has 2 aliphatic rings. The summed E-state index contributed by atoms with van der Waals surface area (Å²) in [4.78, 5) is 25.5. The van der Waals surface area contributed by atoms with E-state index < -0.39 is 11.8 Å². The second kappa shape index (κ2) is 6.29. The lowest BCUT2D eigenvalue weighted by molar-refractivity contribution is -0.185. The third kappa shape index (κ3) is 4.94. The highest BCUT2D eigenvalue weighted by Crippen LogP contribution is 2.30. The maximum absolute atomic E-state index is 11.8. The van der Waals surface area contributed by atoms with Crippen LogP contribution in [0.25, 0.3) is 0 Å². The van der Waals surface area contributed by atoms with E-state index in [4.69, 9.17) is 9.47 Å². The molecule has 0 aromatic heterocycles. The summed E-state index contributed by atoms with van der Waals surface area (Å²) >= 11 is 0. The largest absolute Gasteiger partial charge is 0.347 e.